The van der Waals surface area contributed by atoms with Gasteiger partial charge in [0.2, 0.25) is 0 Å². The van der Waals surface area contributed by atoms with Crippen LogP contribution in [-0.4, -0.2) is 80.6 Å². The summed E-state index contributed by atoms with van der Waals surface area (Å²) in [6.07, 6.45) is -8.16. The first-order chi connectivity index (χ1) is 19.0. The average Bonchev–Trinajstić information content (AvgIpc) is 3.12. The highest BCUT2D eigenvalue weighted by molar-refractivity contribution is 5.89. The van der Waals surface area contributed by atoms with Gasteiger partial charge in [-0.25, -0.2) is 4.79 Å². The molecular formula is C31H40O10. The lowest BCUT2D eigenvalue weighted by Gasteiger charge is -2.55. The Kier molecular flexibility index (Phi) is 8.03. The molecule has 3 aliphatic rings. The SMILES string of the molecule is C=C1C(O)CC(OC(C)=O)C2(C)C(OC(=O)c3ccccc3)C(O)C3=C(C)C(O)CC3(C(C)(C)O)C(OC(C)=O)C12. The zero-order valence-electron chi connectivity index (χ0n) is 24.3. The van der Waals surface area contributed by atoms with Crippen molar-refractivity contribution in [2.24, 2.45) is 16.7 Å². The maximum absolute atomic E-state index is 13.5. The van der Waals surface area contributed by atoms with Crippen molar-refractivity contribution in [1.82, 2.24) is 0 Å². The van der Waals surface area contributed by atoms with Crippen molar-refractivity contribution in [2.45, 2.75) is 96.6 Å². The quantitative estimate of drug-likeness (QED) is 0.234. The highest BCUT2D eigenvalue weighted by Crippen LogP contribution is 2.65. The van der Waals surface area contributed by atoms with E-state index in [1.54, 1.807) is 44.2 Å². The van der Waals surface area contributed by atoms with Gasteiger partial charge in [0.05, 0.1) is 34.2 Å². The van der Waals surface area contributed by atoms with Crippen LogP contribution in [0.1, 0.15) is 64.7 Å². The van der Waals surface area contributed by atoms with Crippen LogP contribution in [-0.2, 0) is 23.8 Å². The molecule has 224 valence electrons. The molecular weight excluding hydrogens is 532 g/mol. The van der Waals surface area contributed by atoms with Gasteiger partial charge in [-0.1, -0.05) is 31.7 Å². The normalized spacial score (nSPS) is 37.0. The molecule has 10 heteroatoms. The summed E-state index contributed by atoms with van der Waals surface area (Å²) in [5, 5.41) is 46.4. The monoisotopic (exact) mass is 572 g/mol. The molecule has 4 N–H and O–H groups in total. The maximum Gasteiger partial charge on any atom is 0.338 e. The van der Waals surface area contributed by atoms with Gasteiger partial charge in [-0.05, 0) is 56.0 Å². The number of esters is 3. The summed E-state index contributed by atoms with van der Waals surface area (Å²) in [5.74, 6) is -3.27. The number of aliphatic hydroxyl groups excluding tert-OH is 3. The third-order valence-electron chi connectivity index (χ3n) is 9.47. The van der Waals surface area contributed by atoms with Gasteiger partial charge in [-0.3, -0.25) is 9.59 Å². The maximum atomic E-state index is 13.5. The van der Waals surface area contributed by atoms with Crippen molar-refractivity contribution < 1.29 is 49.0 Å². The van der Waals surface area contributed by atoms with Gasteiger partial charge in [0.1, 0.15) is 24.4 Å². The Labute approximate surface area is 239 Å². The third-order valence-corrected chi connectivity index (χ3v) is 9.47. The van der Waals surface area contributed by atoms with Gasteiger partial charge in [0, 0.05) is 26.2 Å². The predicted molar refractivity (Wildman–Crippen MR) is 146 cm³/mol. The molecule has 0 amide bonds. The van der Waals surface area contributed by atoms with Crippen molar-refractivity contribution in [3.05, 3.63) is 59.2 Å². The number of ether oxygens (including phenoxy) is 3. The van der Waals surface area contributed by atoms with Crippen molar-refractivity contribution in [3.63, 3.8) is 0 Å². The number of rotatable bonds is 5. The molecule has 0 radical (unpaired) electrons. The van der Waals surface area contributed by atoms with Crippen LogP contribution in [0.4, 0.5) is 0 Å². The first-order valence-electron chi connectivity index (χ1n) is 13.7. The lowest BCUT2D eigenvalue weighted by Crippen LogP contribution is -2.63. The molecule has 0 aliphatic heterocycles. The van der Waals surface area contributed by atoms with Crippen LogP contribution < -0.4 is 0 Å². The predicted octanol–water partition coefficient (Wildman–Crippen LogP) is 2.23. The number of carbonyl (C=O) groups is 3. The smallest absolute Gasteiger partial charge is 0.338 e. The summed E-state index contributed by atoms with van der Waals surface area (Å²) >= 11 is 0. The Balaban J connectivity index is 2.08. The number of hydrogen-bond acceptors (Lipinski definition) is 10. The van der Waals surface area contributed by atoms with E-state index in [0.29, 0.717) is 5.57 Å². The van der Waals surface area contributed by atoms with E-state index in [9.17, 15) is 34.8 Å². The van der Waals surface area contributed by atoms with Gasteiger partial charge in [-0.15, -0.1) is 0 Å². The minimum Gasteiger partial charge on any atom is -0.462 e. The van der Waals surface area contributed by atoms with Crippen molar-refractivity contribution in [2.75, 3.05) is 0 Å². The van der Waals surface area contributed by atoms with Crippen molar-refractivity contribution in [1.29, 1.82) is 0 Å². The summed E-state index contributed by atoms with van der Waals surface area (Å²) in [7, 11) is 0. The zero-order valence-corrected chi connectivity index (χ0v) is 24.3. The molecule has 2 saturated carbocycles. The van der Waals surface area contributed by atoms with E-state index >= 15 is 0 Å². The Morgan fingerprint density at radius 3 is 2.07 bits per heavy atom. The molecule has 9 atom stereocenters. The minimum atomic E-state index is -1.72. The second kappa shape index (κ2) is 10.7. The molecule has 4 rings (SSSR count). The van der Waals surface area contributed by atoms with Crippen LogP contribution in [0.5, 0.6) is 0 Å². The van der Waals surface area contributed by atoms with Crippen LogP contribution in [0.15, 0.2) is 53.6 Å². The number of fused-ring (bicyclic) bond motifs is 2. The highest BCUT2D eigenvalue weighted by Gasteiger charge is 2.73. The Hall–Kier alpha value is -3.05. The van der Waals surface area contributed by atoms with Crippen LogP contribution in [0, 0.1) is 16.7 Å². The second-order valence-electron chi connectivity index (χ2n) is 12.3. The molecule has 3 aliphatic carbocycles. The van der Waals surface area contributed by atoms with Crippen molar-refractivity contribution >= 4 is 17.9 Å². The van der Waals surface area contributed by atoms with E-state index in [0.717, 1.165) is 0 Å². The van der Waals surface area contributed by atoms with Crippen LogP contribution in [0.25, 0.3) is 0 Å². The van der Waals surface area contributed by atoms with Gasteiger partial charge >= 0.3 is 17.9 Å². The summed E-state index contributed by atoms with van der Waals surface area (Å²) in [6.45, 7) is 12.7. The van der Waals surface area contributed by atoms with Gasteiger partial charge in [0.15, 0.2) is 0 Å². The Morgan fingerprint density at radius 1 is 0.951 bits per heavy atom. The van der Waals surface area contributed by atoms with Gasteiger partial charge in [-0.2, -0.15) is 0 Å². The van der Waals surface area contributed by atoms with E-state index < -0.39 is 76.9 Å². The molecule has 10 nitrogen and oxygen atoms in total. The van der Waals surface area contributed by atoms with Crippen LogP contribution >= 0.6 is 0 Å². The number of hydrogen-bond donors (Lipinski definition) is 4. The lowest BCUT2D eigenvalue weighted by atomic mass is 9.54. The molecule has 1 aromatic carbocycles. The van der Waals surface area contributed by atoms with Crippen molar-refractivity contribution in [3.8, 4) is 0 Å². The fourth-order valence-electron chi connectivity index (χ4n) is 7.54. The first kappa shape index (κ1) is 30.9. The molecule has 0 saturated heterocycles. The Morgan fingerprint density at radius 2 is 1.54 bits per heavy atom. The van der Waals surface area contributed by atoms with E-state index in [2.05, 4.69) is 6.58 Å². The van der Waals surface area contributed by atoms with Crippen LogP contribution in [0.3, 0.4) is 0 Å². The molecule has 2 fully saturated rings. The molecule has 0 aromatic heterocycles. The van der Waals surface area contributed by atoms with Gasteiger partial charge in [0.25, 0.3) is 0 Å². The third kappa shape index (κ3) is 4.80. The topological polar surface area (TPSA) is 160 Å². The molecule has 0 bridgehead atoms. The molecule has 1 aromatic rings. The van der Waals surface area contributed by atoms with E-state index in [1.807, 2.05) is 0 Å². The average molecular weight is 573 g/mol. The molecule has 0 heterocycles. The number of carbonyl (C=O) groups excluding carboxylic acids is 3. The number of aliphatic hydroxyl groups is 4. The lowest BCUT2D eigenvalue weighted by molar-refractivity contribution is -0.207. The summed E-state index contributed by atoms with van der Waals surface area (Å²) in [6, 6.07) is 8.13. The number of benzene rings is 1. The fraction of sp³-hybridized carbons (Fsp3) is 0.581. The fourth-order valence-corrected chi connectivity index (χ4v) is 7.54. The molecule has 41 heavy (non-hydrogen) atoms. The van der Waals surface area contributed by atoms with E-state index in [1.165, 1.54) is 27.7 Å². The summed E-state index contributed by atoms with van der Waals surface area (Å²) < 4.78 is 17.8. The minimum absolute atomic E-state index is 0.125. The summed E-state index contributed by atoms with van der Waals surface area (Å²) in [4.78, 5) is 38.6. The van der Waals surface area contributed by atoms with E-state index in [-0.39, 0.29) is 29.6 Å². The standard InChI is InChI=1S/C31H40O10/c1-15-20(34)13-22(39-17(3)32)30(7)24(15)26(40-18(4)33)31(29(5,6)38)14-21(35)16(2)23(31)25(36)27(30)41-28(37)19-11-9-8-10-12-19/h8-12,20-22,24-27,34-36,38H,1,13-14H2,2-7H3. The van der Waals surface area contributed by atoms with E-state index in [4.69, 9.17) is 14.2 Å². The highest BCUT2D eigenvalue weighted by atomic mass is 16.6. The summed E-state index contributed by atoms with van der Waals surface area (Å²) in [5.41, 5.74) is -3.97. The first-order valence-corrected chi connectivity index (χ1v) is 13.7. The largest absolute Gasteiger partial charge is 0.462 e. The second-order valence-corrected chi connectivity index (χ2v) is 12.3. The Bertz CT molecular complexity index is 1260. The zero-order chi connectivity index (χ0) is 30.7. The van der Waals surface area contributed by atoms with Gasteiger partial charge < -0.3 is 34.6 Å². The molecule has 0 spiro atoms. The molecule has 9 unspecified atom stereocenters. The van der Waals surface area contributed by atoms with Crippen LogP contribution in [0.2, 0.25) is 0 Å².